The minimum absolute atomic E-state index is 0.113. The summed E-state index contributed by atoms with van der Waals surface area (Å²) in [6.45, 7) is 0.918. The smallest absolute Gasteiger partial charge is 0.243 e. The Labute approximate surface area is 148 Å². The van der Waals surface area contributed by atoms with Crippen molar-refractivity contribution < 1.29 is 18.0 Å². The summed E-state index contributed by atoms with van der Waals surface area (Å²) in [5.41, 5.74) is 0. The Morgan fingerprint density at radius 1 is 1.20 bits per heavy atom. The summed E-state index contributed by atoms with van der Waals surface area (Å²) < 4.78 is 26.5. The molecular formula is C17H23N3O4S. The molecule has 1 fully saturated rings. The van der Waals surface area contributed by atoms with Crippen molar-refractivity contribution in [3.8, 4) is 0 Å². The third-order valence-corrected chi connectivity index (χ3v) is 6.03. The van der Waals surface area contributed by atoms with Crippen molar-refractivity contribution >= 4 is 21.8 Å². The molecule has 1 aliphatic rings. The minimum Gasteiger partial charge on any atom is -0.356 e. The van der Waals surface area contributed by atoms with E-state index in [9.17, 15) is 18.0 Å². The van der Waals surface area contributed by atoms with E-state index in [2.05, 4.69) is 10.6 Å². The highest BCUT2D eigenvalue weighted by Crippen LogP contribution is 2.23. The Kier molecular flexibility index (Phi) is 6.72. The summed E-state index contributed by atoms with van der Waals surface area (Å²) in [7, 11) is -1.97. The zero-order valence-corrected chi connectivity index (χ0v) is 15.0. The average molecular weight is 365 g/mol. The Hall–Kier alpha value is -2.19. The number of rotatable bonds is 6. The number of likely N-dealkylation sites (N-methyl/N-ethyl adjacent to an activating group) is 1. The number of nitrogens with one attached hydrogen (secondary N) is 2. The second-order valence-corrected chi connectivity index (χ2v) is 7.69. The number of nitrogens with zero attached hydrogens (tertiary/aromatic N) is 1. The van der Waals surface area contributed by atoms with Crippen LogP contribution in [0.4, 0.5) is 0 Å². The van der Waals surface area contributed by atoms with Crippen LogP contribution in [0.5, 0.6) is 0 Å². The number of benzene rings is 1. The van der Waals surface area contributed by atoms with Gasteiger partial charge in [0.1, 0.15) is 0 Å². The maximum absolute atomic E-state index is 12.5. The molecule has 1 saturated heterocycles. The van der Waals surface area contributed by atoms with Crippen LogP contribution >= 0.6 is 0 Å². The molecule has 0 saturated carbocycles. The number of carbonyl (C=O) groups is 2. The third kappa shape index (κ3) is 5.14. The van der Waals surface area contributed by atoms with E-state index in [0.717, 1.165) is 0 Å². The molecule has 2 rings (SSSR count). The van der Waals surface area contributed by atoms with E-state index in [1.165, 1.54) is 17.4 Å². The van der Waals surface area contributed by atoms with Crippen molar-refractivity contribution in [1.82, 2.24) is 14.9 Å². The summed E-state index contributed by atoms with van der Waals surface area (Å²) in [4.78, 5) is 23.4. The molecule has 0 aromatic heterocycles. The molecule has 2 amide bonds. The first-order valence-corrected chi connectivity index (χ1v) is 9.60. The summed E-state index contributed by atoms with van der Waals surface area (Å²) >= 11 is 0. The van der Waals surface area contributed by atoms with Gasteiger partial charge in [0.15, 0.2) is 0 Å². The van der Waals surface area contributed by atoms with Crippen LogP contribution in [0, 0.1) is 5.92 Å². The second-order valence-electron chi connectivity index (χ2n) is 5.75. The van der Waals surface area contributed by atoms with Gasteiger partial charge < -0.3 is 10.6 Å². The predicted octanol–water partition coefficient (Wildman–Crippen LogP) is 0.506. The molecule has 1 aliphatic heterocycles. The maximum Gasteiger partial charge on any atom is 0.243 e. The van der Waals surface area contributed by atoms with Crippen molar-refractivity contribution in [1.29, 1.82) is 0 Å². The van der Waals surface area contributed by atoms with Crippen LogP contribution in [0.2, 0.25) is 0 Å². The number of hydrogen-bond acceptors (Lipinski definition) is 4. The molecular weight excluding hydrogens is 342 g/mol. The van der Waals surface area contributed by atoms with Crippen LogP contribution in [-0.4, -0.2) is 51.2 Å². The zero-order valence-electron chi connectivity index (χ0n) is 14.1. The highest BCUT2D eigenvalue weighted by molar-refractivity contribution is 7.89. The van der Waals surface area contributed by atoms with E-state index < -0.39 is 10.0 Å². The molecule has 0 aliphatic carbocycles. The lowest BCUT2D eigenvalue weighted by Crippen LogP contribution is -2.43. The molecule has 0 spiro atoms. The van der Waals surface area contributed by atoms with Crippen molar-refractivity contribution in [2.75, 3.05) is 26.7 Å². The van der Waals surface area contributed by atoms with Gasteiger partial charge in [0, 0.05) is 38.7 Å². The fourth-order valence-corrected chi connectivity index (χ4v) is 4.14. The third-order valence-electron chi connectivity index (χ3n) is 4.12. The molecule has 0 radical (unpaired) electrons. The standard InChI is InChI=1S/C17H23N3O4S/c1-18-16(21)8-5-11-19-17(22)14-9-12-20(13-10-14)25(23,24)15-6-3-2-4-7-15/h2-8,14H,9-13H2,1H3,(H,18,21)(H,19,22). The molecule has 0 bridgehead atoms. The van der Waals surface area contributed by atoms with Crippen LogP contribution in [0.25, 0.3) is 0 Å². The summed E-state index contributed by atoms with van der Waals surface area (Å²) in [5.74, 6) is -0.553. The average Bonchev–Trinajstić information content (AvgIpc) is 2.65. The molecule has 7 nitrogen and oxygen atoms in total. The Bertz CT molecular complexity index is 724. The summed E-state index contributed by atoms with van der Waals surface area (Å²) in [6.07, 6.45) is 3.90. The van der Waals surface area contributed by atoms with Crippen molar-refractivity contribution in [3.05, 3.63) is 42.5 Å². The van der Waals surface area contributed by atoms with Crippen LogP contribution in [0.3, 0.4) is 0 Å². The van der Waals surface area contributed by atoms with Gasteiger partial charge in [-0.05, 0) is 25.0 Å². The topological polar surface area (TPSA) is 95.6 Å². The number of piperidine rings is 1. The van der Waals surface area contributed by atoms with Crippen molar-refractivity contribution in [2.24, 2.45) is 5.92 Å². The number of sulfonamides is 1. The molecule has 0 atom stereocenters. The number of hydrogen-bond donors (Lipinski definition) is 2. The van der Waals surface area contributed by atoms with Gasteiger partial charge in [0.25, 0.3) is 0 Å². The lowest BCUT2D eigenvalue weighted by Gasteiger charge is -2.30. The van der Waals surface area contributed by atoms with Crippen LogP contribution in [0.1, 0.15) is 12.8 Å². The highest BCUT2D eigenvalue weighted by atomic mass is 32.2. The van der Waals surface area contributed by atoms with E-state index in [1.54, 1.807) is 36.4 Å². The lowest BCUT2D eigenvalue weighted by molar-refractivity contribution is -0.126. The first kappa shape index (κ1) is 19.1. The first-order chi connectivity index (χ1) is 11.9. The molecule has 136 valence electrons. The van der Waals surface area contributed by atoms with E-state index in [-0.39, 0.29) is 29.2 Å². The fraction of sp³-hybridized carbons (Fsp3) is 0.412. The quantitative estimate of drug-likeness (QED) is 0.718. The monoisotopic (exact) mass is 365 g/mol. The van der Waals surface area contributed by atoms with Crippen LogP contribution in [-0.2, 0) is 19.6 Å². The molecule has 0 unspecified atom stereocenters. The number of amides is 2. The molecule has 1 aromatic carbocycles. The predicted molar refractivity (Wildman–Crippen MR) is 94.1 cm³/mol. The largest absolute Gasteiger partial charge is 0.356 e. The van der Waals surface area contributed by atoms with E-state index in [4.69, 9.17) is 0 Å². The van der Waals surface area contributed by atoms with Gasteiger partial charge in [-0.3, -0.25) is 9.59 Å². The number of carbonyl (C=O) groups excluding carboxylic acids is 2. The summed E-state index contributed by atoms with van der Waals surface area (Å²) in [6, 6.07) is 8.31. The highest BCUT2D eigenvalue weighted by Gasteiger charge is 2.31. The van der Waals surface area contributed by atoms with E-state index >= 15 is 0 Å². The van der Waals surface area contributed by atoms with Crippen molar-refractivity contribution in [3.63, 3.8) is 0 Å². The first-order valence-electron chi connectivity index (χ1n) is 8.16. The normalized spacial score (nSPS) is 16.7. The van der Waals surface area contributed by atoms with Gasteiger partial charge in [0.05, 0.1) is 4.90 Å². The molecule has 2 N–H and O–H groups in total. The molecule has 1 aromatic rings. The SMILES string of the molecule is CNC(=O)C=CCNC(=O)C1CCN(S(=O)(=O)c2ccccc2)CC1. The van der Waals surface area contributed by atoms with Crippen LogP contribution < -0.4 is 10.6 Å². The Balaban J connectivity index is 1.84. The van der Waals surface area contributed by atoms with Gasteiger partial charge in [-0.2, -0.15) is 4.31 Å². The van der Waals surface area contributed by atoms with Gasteiger partial charge in [-0.25, -0.2) is 8.42 Å². The minimum atomic E-state index is -3.50. The Morgan fingerprint density at radius 2 is 1.84 bits per heavy atom. The molecule has 25 heavy (non-hydrogen) atoms. The second kappa shape index (κ2) is 8.77. The van der Waals surface area contributed by atoms with Gasteiger partial charge in [-0.1, -0.05) is 24.3 Å². The Morgan fingerprint density at radius 3 is 2.44 bits per heavy atom. The lowest BCUT2D eigenvalue weighted by atomic mass is 9.97. The van der Waals surface area contributed by atoms with Gasteiger partial charge >= 0.3 is 0 Å². The van der Waals surface area contributed by atoms with Crippen molar-refractivity contribution in [2.45, 2.75) is 17.7 Å². The fourth-order valence-electron chi connectivity index (χ4n) is 2.65. The maximum atomic E-state index is 12.5. The van der Waals surface area contributed by atoms with Gasteiger partial charge in [0.2, 0.25) is 21.8 Å². The van der Waals surface area contributed by atoms with Gasteiger partial charge in [-0.15, -0.1) is 0 Å². The zero-order chi connectivity index (χ0) is 18.3. The van der Waals surface area contributed by atoms with E-state index in [1.807, 2.05) is 0 Å². The van der Waals surface area contributed by atoms with E-state index in [0.29, 0.717) is 25.9 Å². The van der Waals surface area contributed by atoms with Crippen LogP contribution in [0.15, 0.2) is 47.4 Å². The molecule has 8 heteroatoms. The summed E-state index contributed by atoms with van der Waals surface area (Å²) in [5, 5.41) is 5.19. The molecule has 1 heterocycles.